The van der Waals surface area contributed by atoms with Crippen LogP contribution in [0.1, 0.15) is 25.3 Å². The maximum atomic E-state index is 7.14. The van der Waals surface area contributed by atoms with E-state index in [-0.39, 0.29) is 0 Å². The number of hydrogen-bond acceptors (Lipinski definition) is 3. The Morgan fingerprint density at radius 2 is 1.07 bits per heavy atom. The lowest BCUT2D eigenvalue weighted by Crippen LogP contribution is -2.01. The Morgan fingerprint density at radius 3 is 1.69 bits per heavy atom. The number of nitrogens with zero attached hydrogens (tertiary/aromatic N) is 4. The first-order valence-electron chi connectivity index (χ1n) is 23.3. The van der Waals surface area contributed by atoms with Crippen LogP contribution in [-0.2, 0) is 0 Å². The van der Waals surface area contributed by atoms with Crippen LogP contribution in [0.5, 0.6) is 0 Å². The SMILES string of the molecule is C1=CC(c2cc(-c3ccccc3)c3oc4c(-n5c6ccccc6c6cc(-c7ccc8c(c7)c7ccccc7n8-c7ccccc7)ccc65)nc(-c5ccccc5)nc4c3c2)=CCC1.C=C/C=C\C. The van der Waals surface area contributed by atoms with Crippen molar-refractivity contribution in [2.75, 3.05) is 0 Å². The molecule has 0 spiro atoms. The highest BCUT2D eigenvalue weighted by Crippen LogP contribution is 2.43. The van der Waals surface area contributed by atoms with E-state index >= 15 is 0 Å². The fraction of sp³-hybridized carbons (Fsp3) is 0.0476. The Bertz CT molecular complexity index is 3980. The third-order valence-electron chi connectivity index (χ3n) is 13.1. The normalized spacial score (nSPS) is 12.7. The van der Waals surface area contributed by atoms with Crippen LogP contribution in [-0.4, -0.2) is 19.1 Å². The van der Waals surface area contributed by atoms with Crippen LogP contribution in [0, 0.1) is 0 Å². The van der Waals surface area contributed by atoms with Crippen molar-refractivity contribution >= 4 is 71.3 Å². The third-order valence-corrected chi connectivity index (χ3v) is 13.1. The number of furan rings is 1. The van der Waals surface area contributed by atoms with E-state index in [0.29, 0.717) is 17.2 Å². The zero-order valence-corrected chi connectivity index (χ0v) is 37.7. The van der Waals surface area contributed by atoms with Gasteiger partial charge in [0.25, 0.3) is 0 Å². The minimum Gasteiger partial charge on any atom is -0.450 e. The molecular weight excluding hydrogens is 829 g/mol. The van der Waals surface area contributed by atoms with Gasteiger partial charge in [-0.2, -0.15) is 0 Å². The highest BCUT2D eigenvalue weighted by Gasteiger charge is 2.25. The van der Waals surface area contributed by atoms with E-state index in [2.05, 4.69) is 204 Å². The summed E-state index contributed by atoms with van der Waals surface area (Å²) in [6.45, 7) is 5.42. The molecule has 0 radical (unpaired) electrons. The fourth-order valence-corrected chi connectivity index (χ4v) is 9.95. The van der Waals surface area contributed by atoms with Crippen molar-refractivity contribution in [1.29, 1.82) is 0 Å². The van der Waals surface area contributed by atoms with Gasteiger partial charge in [0.1, 0.15) is 11.1 Å². The molecule has 4 heterocycles. The maximum absolute atomic E-state index is 7.14. The lowest BCUT2D eigenvalue weighted by molar-refractivity contribution is 0.663. The first kappa shape index (κ1) is 40.7. The molecule has 0 amide bonds. The Labute approximate surface area is 394 Å². The largest absolute Gasteiger partial charge is 0.450 e. The van der Waals surface area contributed by atoms with Crippen molar-refractivity contribution in [3.63, 3.8) is 0 Å². The second-order valence-electron chi connectivity index (χ2n) is 17.2. The van der Waals surface area contributed by atoms with Crippen LogP contribution >= 0.6 is 0 Å². The van der Waals surface area contributed by atoms with E-state index in [1.54, 1.807) is 6.08 Å². The lowest BCUT2D eigenvalue weighted by atomic mass is 9.94. The summed E-state index contributed by atoms with van der Waals surface area (Å²) in [6, 6.07) is 67.0. The molecular formula is C63H46N4O. The molecule has 68 heavy (non-hydrogen) atoms. The second kappa shape index (κ2) is 17.2. The van der Waals surface area contributed by atoms with Gasteiger partial charge < -0.3 is 8.98 Å². The van der Waals surface area contributed by atoms with Gasteiger partial charge in [-0.05, 0) is 108 Å². The molecule has 0 atom stereocenters. The fourth-order valence-electron chi connectivity index (χ4n) is 9.95. The Hall–Kier alpha value is -8.80. The van der Waals surface area contributed by atoms with E-state index < -0.39 is 0 Å². The smallest absolute Gasteiger partial charge is 0.197 e. The molecule has 4 aromatic heterocycles. The summed E-state index contributed by atoms with van der Waals surface area (Å²) in [5.74, 6) is 1.36. The predicted octanol–water partition coefficient (Wildman–Crippen LogP) is 17.1. The number of benzene rings is 8. The number of para-hydroxylation sites is 3. The summed E-state index contributed by atoms with van der Waals surface area (Å²) >= 11 is 0. The molecule has 0 saturated heterocycles. The molecule has 0 aliphatic heterocycles. The van der Waals surface area contributed by atoms with E-state index in [0.717, 1.165) is 90.2 Å². The molecule has 1 aliphatic rings. The molecule has 8 aromatic carbocycles. The van der Waals surface area contributed by atoms with Gasteiger partial charge in [0.05, 0.1) is 22.1 Å². The van der Waals surface area contributed by atoms with E-state index in [4.69, 9.17) is 14.4 Å². The lowest BCUT2D eigenvalue weighted by Gasteiger charge is -2.11. The van der Waals surface area contributed by atoms with Gasteiger partial charge in [0.15, 0.2) is 17.2 Å². The second-order valence-corrected chi connectivity index (χ2v) is 17.2. The van der Waals surface area contributed by atoms with Crippen molar-refractivity contribution in [2.24, 2.45) is 0 Å². The summed E-state index contributed by atoms with van der Waals surface area (Å²) in [6.07, 6.45) is 14.5. The average Bonchev–Trinajstić information content (AvgIpc) is 4.07. The molecule has 13 rings (SSSR count). The minimum atomic E-state index is 0.648. The van der Waals surface area contributed by atoms with E-state index in [1.165, 1.54) is 27.4 Å². The van der Waals surface area contributed by atoms with Crippen molar-refractivity contribution < 1.29 is 4.42 Å². The number of aromatic nitrogens is 4. The molecule has 324 valence electrons. The number of rotatable bonds is 7. The monoisotopic (exact) mass is 874 g/mol. The summed E-state index contributed by atoms with van der Waals surface area (Å²) < 4.78 is 11.8. The number of fused-ring (bicyclic) bond motifs is 9. The van der Waals surface area contributed by atoms with Crippen LogP contribution in [0.4, 0.5) is 0 Å². The Kier molecular flexibility index (Phi) is 10.3. The van der Waals surface area contributed by atoms with Crippen LogP contribution in [0.15, 0.2) is 236 Å². The highest BCUT2D eigenvalue weighted by molar-refractivity contribution is 6.15. The summed E-state index contributed by atoms with van der Waals surface area (Å²) in [5, 5.41) is 5.71. The van der Waals surface area contributed by atoms with Crippen molar-refractivity contribution in [1.82, 2.24) is 19.1 Å². The van der Waals surface area contributed by atoms with Gasteiger partial charge in [0.2, 0.25) is 0 Å². The zero-order chi connectivity index (χ0) is 45.6. The van der Waals surface area contributed by atoms with Gasteiger partial charge in [-0.25, -0.2) is 9.97 Å². The van der Waals surface area contributed by atoms with Gasteiger partial charge >= 0.3 is 0 Å². The molecule has 0 bridgehead atoms. The predicted molar refractivity (Wildman–Crippen MR) is 286 cm³/mol. The topological polar surface area (TPSA) is 48.8 Å². The van der Waals surface area contributed by atoms with Crippen LogP contribution in [0.2, 0.25) is 0 Å². The van der Waals surface area contributed by atoms with E-state index in [1.807, 2.05) is 37.3 Å². The molecule has 0 fully saturated rings. The van der Waals surface area contributed by atoms with Crippen LogP contribution in [0.25, 0.3) is 116 Å². The molecule has 5 heteroatoms. The van der Waals surface area contributed by atoms with Crippen molar-refractivity contribution in [2.45, 2.75) is 19.8 Å². The molecule has 1 aliphatic carbocycles. The Morgan fingerprint density at radius 1 is 0.500 bits per heavy atom. The van der Waals surface area contributed by atoms with Gasteiger partial charge in [-0.3, -0.25) is 4.57 Å². The zero-order valence-electron chi connectivity index (χ0n) is 37.7. The molecule has 12 aromatic rings. The quantitative estimate of drug-likeness (QED) is 0.150. The molecule has 0 N–H and O–H groups in total. The number of hydrogen-bond donors (Lipinski definition) is 0. The molecule has 0 saturated carbocycles. The summed E-state index contributed by atoms with van der Waals surface area (Å²) in [7, 11) is 0. The van der Waals surface area contributed by atoms with Crippen molar-refractivity contribution in [3.05, 3.63) is 237 Å². The van der Waals surface area contributed by atoms with E-state index in [9.17, 15) is 0 Å². The maximum Gasteiger partial charge on any atom is 0.197 e. The number of allylic oxidation sites excluding steroid dienone is 7. The molecule has 0 unspecified atom stereocenters. The van der Waals surface area contributed by atoms with Crippen molar-refractivity contribution in [3.8, 4) is 45.1 Å². The third kappa shape index (κ3) is 6.95. The van der Waals surface area contributed by atoms with Gasteiger partial charge in [0, 0.05) is 43.7 Å². The average molecular weight is 875 g/mol. The summed E-state index contributed by atoms with van der Waals surface area (Å²) in [4.78, 5) is 10.8. The van der Waals surface area contributed by atoms with Crippen LogP contribution in [0.3, 0.4) is 0 Å². The first-order chi connectivity index (χ1) is 33.7. The van der Waals surface area contributed by atoms with Crippen LogP contribution < -0.4 is 0 Å². The Balaban J connectivity index is 0.000000915. The highest BCUT2D eigenvalue weighted by atomic mass is 16.3. The standard InChI is InChI=1S/C58H38N4O.C5H8/c1-5-17-37(18-6-1)42-35-46(38-19-7-2-8-20-38)55-49(36-42)54-56(63-55)58(60-57(59-54)39-21-9-3-10-22-39)62-51-28-16-14-26-45(51)48-34-41(30-32-53(48)62)40-29-31-52-47(33-40)44-25-13-15-27-50(44)61(52)43-23-11-4-12-24-43;1-3-5-4-2/h2-5,7-36H,1,6H2;3-5H,1H2,2H3/b;5-4-. The van der Waals surface area contributed by atoms with Gasteiger partial charge in [-0.1, -0.05) is 170 Å². The molecule has 5 nitrogen and oxygen atoms in total. The summed E-state index contributed by atoms with van der Waals surface area (Å²) in [5.41, 5.74) is 15.6. The first-order valence-corrected chi connectivity index (χ1v) is 23.3. The van der Waals surface area contributed by atoms with Gasteiger partial charge in [-0.15, -0.1) is 0 Å². The minimum absolute atomic E-state index is 0.648.